The molecule has 0 unspecified atom stereocenters. The second-order valence-corrected chi connectivity index (χ2v) is 6.08. The number of para-hydroxylation sites is 2. The van der Waals surface area contributed by atoms with Crippen LogP contribution in [0.3, 0.4) is 0 Å². The number of rotatable bonds is 2. The standard InChI is InChI=1S/C21H13N5/c22-12-14-5-10-20-19(11-14)23-13-26(20)16-8-6-15(7-9-16)21-24-17-3-1-2-4-18(17)25-21/h1-11,13H,(H,24,25). The van der Waals surface area contributed by atoms with Crippen molar-refractivity contribution in [2.45, 2.75) is 0 Å². The monoisotopic (exact) mass is 335 g/mol. The van der Waals surface area contributed by atoms with Crippen LogP contribution < -0.4 is 0 Å². The third kappa shape index (κ3) is 2.25. The largest absolute Gasteiger partial charge is 0.338 e. The van der Waals surface area contributed by atoms with Crippen LogP contribution >= 0.6 is 0 Å². The SMILES string of the molecule is N#Cc1ccc2c(c1)ncn2-c1ccc(-c2nc3ccccc3[nH]2)cc1. The highest BCUT2D eigenvalue weighted by Gasteiger charge is 2.08. The lowest BCUT2D eigenvalue weighted by molar-refractivity contribution is 1.09. The maximum Gasteiger partial charge on any atom is 0.138 e. The zero-order chi connectivity index (χ0) is 17.5. The van der Waals surface area contributed by atoms with Crippen molar-refractivity contribution in [3.05, 3.63) is 78.6 Å². The molecule has 0 saturated carbocycles. The molecule has 2 heterocycles. The van der Waals surface area contributed by atoms with Crippen LogP contribution in [0.5, 0.6) is 0 Å². The van der Waals surface area contributed by atoms with E-state index in [1.165, 1.54) is 0 Å². The summed E-state index contributed by atoms with van der Waals surface area (Å²) < 4.78 is 2.01. The highest BCUT2D eigenvalue weighted by Crippen LogP contribution is 2.24. The Morgan fingerprint density at radius 3 is 2.58 bits per heavy atom. The van der Waals surface area contributed by atoms with Gasteiger partial charge < -0.3 is 4.98 Å². The summed E-state index contributed by atoms with van der Waals surface area (Å²) in [7, 11) is 0. The number of imidazole rings is 2. The summed E-state index contributed by atoms with van der Waals surface area (Å²) in [6.07, 6.45) is 1.78. The van der Waals surface area contributed by atoms with Crippen molar-refractivity contribution in [3.63, 3.8) is 0 Å². The van der Waals surface area contributed by atoms with E-state index in [9.17, 15) is 0 Å². The van der Waals surface area contributed by atoms with Gasteiger partial charge in [-0.3, -0.25) is 4.57 Å². The second kappa shape index (κ2) is 5.57. The van der Waals surface area contributed by atoms with Crippen molar-refractivity contribution in [2.75, 3.05) is 0 Å². The van der Waals surface area contributed by atoms with Gasteiger partial charge in [-0.2, -0.15) is 5.26 Å². The fraction of sp³-hybridized carbons (Fsp3) is 0. The van der Waals surface area contributed by atoms with Gasteiger partial charge in [-0.1, -0.05) is 12.1 Å². The summed E-state index contributed by atoms with van der Waals surface area (Å²) in [5.74, 6) is 0.854. The van der Waals surface area contributed by atoms with Crippen LogP contribution in [0.15, 0.2) is 73.1 Å². The number of aromatic nitrogens is 4. The Labute approximate surface area is 149 Å². The van der Waals surface area contributed by atoms with Crippen molar-refractivity contribution in [1.82, 2.24) is 19.5 Å². The van der Waals surface area contributed by atoms with E-state index >= 15 is 0 Å². The molecule has 5 heteroatoms. The van der Waals surface area contributed by atoms with Gasteiger partial charge in [0.2, 0.25) is 0 Å². The third-order valence-corrected chi connectivity index (χ3v) is 4.48. The molecule has 0 atom stereocenters. The fourth-order valence-corrected chi connectivity index (χ4v) is 3.16. The molecule has 0 spiro atoms. The van der Waals surface area contributed by atoms with Crippen molar-refractivity contribution in [1.29, 1.82) is 5.26 Å². The number of benzene rings is 3. The average molecular weight is 335 g/mol. The zero-order valence-corrected chi connectivity index (χ0v) is 13.7. The van der Waals surface area contributed by atoms with Gasteiger partial charge in [0, 0.05) is 11.3 Å². The Balaban J connectivity index is 1.55. The maximum absolute atomic E-state index is 9.02. The predicted octanol–water partition coefficient (Wildman–Crippen LogP) is 4.44. The Bertz CT molecular complexity index is 1250. The molecule has 0 aliphatic rings. The first kappa shape index (κ1) is 14.4. The van der Waals surface area contributed by atoms with Crippen LogP contribution in [-0.2, 0) is 0 Å². The first-order chi connectivity index (χ1) is 12.8. The molecule has 0 radical (unpaired) electrons. The number of hydrogen-bond acceptors (Lipinski definition) is 3. The van der Waals surface area contributed by atoms with Gasteiger partial charge in [-0.05, 0) is 54.6 Å². The molecule has 0 fully saturated rings. The minimum Gasteiger partial charge on any atom is -0.338 e. The molecule has 0 aliphatic heterocycles. The van der Waals surface area contributed by atoms with Crippen molar-refractivity contribution in [3.8, 4) is 23.1 Å². The topological polar surface area (TPSA) is 70.3 Å². The predicted molar refractivity (Wildman–Crippen MR) is 101 cm³/mol. The van der Waals surface area contributed by atoms with Crippen molar-refractivity contribution < 1.29 is 0 Å². The lowest BCUT2D eigenvalue weighted by Crippen LogP contribution is -1.92. The lowest BCUT2D eigenvalue weighted by Gasteiger charge is -2.05. The zero-order valence-electron chi connectivity index (χ0n) is 13.7. The quantitative estimate of drug-likeness (QED) is 0.518. The second-order valence-electron chi connectivity index (χ2n) is 6.08. The smallest absolute Gasteiger partial charge is 0.138 e. The van der Waals surface area contributed by atoms with E-state index in [0.29, 0.717) is 5.56 Å². The molecule has 3 aromatic carbocycles. The van der Waals surface area contributed by atoms with Crippen LogP contribution in [0, 0.1) is 11.3 Å². The molecule has 1 N–H and O–H groups in total. The van der Waals surface area contributed by atoms with E-state index in [1.807, 2.05) is 65.2 Å². The summed E-state index contributed by atoms with van der Waals surface area (Å²) in [6, 6.07) is 23.9. The first-order valence-electron chi connectivity index (χ1n) is 8.24. The molecule has 5 aromatic rings. The van der Waals surface area contributed by atoms with E-state index in [-0.39, 0.29) is 0 Å². The summed E-state index contributed by atoms with van der Waals surface area (Å²) >= 11 is 0. The maximum atomic E-state index is 9.02. The van der Waals surface area contributed by atoms with Gasteiger partial charge in [0.1, 0.15) is 12.2 Å². The molecular formula is C21H13N5. The molecule has 0 amide bonds. The molecule has 122 valence electrons. The fourth-order valence-electron chi connectivity index (χ4n) is 3.16. The normalized spacial score (nSPS) is 11.0. The van der Waals surface area contributed by atoms with Gasteiger partial charge in [-0.15, -0.1) is 0 Å². The van der Waals surface area contributed by atoms with E-state index in [4.69, 9.17) is 5.26 Å². The molecule has 2 aromatic heterocycles. The van der Waals surface area contributed by atoms with Crippen molar-refractivity contribution >= 4 is 22.1 Å². The number of H-pyrrole nitrogens is 1. The Morgan fingerprint density at radius 1 is 0.923 bits per heavy atom. The van der Waals surface area contributed by atoms with Gasteiger partial charge in [0.15, 0.2) is 0 Å². The van der Waals surface area contributed by atoms with Gasteiger partial charge >= 0.3 is 0 Å². The van der Waals surface area contributed by atoms with E-state index in [1.54, 1.807) is 12.4 Å². The van der Waals surface area contributed by atoms with Gasteiger partial charge in [0.25, 0.3) is 0 Å². The van der Waals surface area contributed by atoms with Crippen LogP contribution in [0.25, 0.3) is 39.1 Å². The molecule has 0 bridgehead atoms. The van der Waals surface area contributed by atoms with E-state index < -0.39 is 0 Å². The van der Waals surface area contributed by atoms with Gasteiger partial charge in [-0.25, -0.2) is 9.97 Å². The third-order valence-electron chi connectivity index (χ3n) is 4.48. The highest BCUT2D eigenvalue weighted by molar-refractivity contribution is 5.80. The average Bonchev–Trinajstić information content (AvgIpc) is 3.31. The van der Waals surface area contributed by atoms with Crippen LogP contribution in [0.1, 0.15) is 5.56 Å². The van der Waals surface area contributed by atoms with Crippen molar-refractivity contribution in [2.24, 2.45) is 0 Å². The lowest BCUT2D eigenvalue weighted by atomic mass is 10.2. The number of aromatic amines is 1. The number of nitrogens with zero attached hydrogens (tertiary/aromatic N) is 4. The number of hydrogen-bond donors (Lipinski definition) is 1. The summed E-state index contributed by atoms with van der Waals surface area (Å²) in [5.41, 5.74) is 6.42. The Hall–Kier alpha value is -3.91. The van der Waals surface area contributed by atoms with Gasteiger partial charge in [0.05, 0.1) is 33.7 Å². The molecule has 5 rings (SSSR count). The Morgan fingerprint density at radius 2 is 1.77 bits per heavy atom. The summed E-state index contributed by atoms with van der Waals surface area (Å²) in [5, 5.41) is 9.02. The molecule has 0 saturated heterocycles. The van der Waals surface area contributed by atoms with Crippen LogP contribution in [0.2, 0.25) is 0 Å². The van der Waals surface area contributed by atoms with E-state index in [0.717, 1.165) is 39.1 Å². The van der Waals surface area contributed by atoms with E-state index in [2.05, 4.69) is 21.0 Å². The first-order valence-corrected chi connectivity index (χ1v) is 8.24. The number of nitriles is 1. The minimum absolute atomic E-state index is 0.614. The highest BCUT2D eigenvalue weighted by atomic mass is 15.0. The molecule has 0 aliphatic carbocycles. The number of nitrogens with one attached hydrogen (secondary N) is 1. The molecule has 5 nitrogen and oxygen atoms in total. The summed E-state index contributed by atoms with van der Waals surface area (Å²) in [6.45, 7) is 0. The molecular weight excluding hydrogens is 322 g/mol. The van der Waals surface area contributed by atoms with Crippen LogP contribution in [-0.4, -0.2) is 19.5 Å². The summed E-state index contributed by atoms with van der Waals surface area (Å²) in [4.78, 5) is 12.4. The number of fused-ring (bicyclic) bond motifs is 2. The molecule has 26 heavy (non-hydrogen) atoms. The van der Waals surface area contributed by atoms with Crippen LogP contribution in [0.4, 0.5) is 0 Å². The minimum atomic E-state index is 0.614. The Kier molecular flexibility index (Phi) is 3.09.